The van der Waals surface area contributed by atoms with Gasteiger partial charge in [0.2, 0.25) is 5.91 Å². The molecule has 0 radical (unpaired) electrons. The molecule has 1 unspecified atom stereocenters. The van der Waals surface area contributed by atoms with Crippen LogP contribution in [-0.2, 0) is 19.7 Å². The van der Waals surface area contributed by atoms with Crippen molar-refractivity contribution in [3.63, 3.8) is 0 Å². The predicted molar refractivity (Wildman–Crippen MR) is 110 cm³/mol. The molecular weight excluding hydrogens is 389 g/mol. The van der Waals surface area contributed by atoms with Crippen molar-refractivity contribution >= 4 is 17.7 Å². The van der Waals surface area contributed by atoms with Gasteiger partial charge in [0.1, 0.15) is 12.4 Å². The summed E-state index contributed by atoms with van der Waals surface area (Å²) in [5.74, 6) is -0.250. The van der Waals surface area contributed by atoms with Gasteiger partial charge < -0.3 is 19.3 Å². The van der Waals surface area contributed by atoms with Crippen LogP contribution in [0.3, 0.4) is 0 Å². The van der Waals surface area contributed by atoms with E-state index in [0.29, 0.717) is 32.3 Å². The van der Waals surface area contributed by atoms with Crippen LogP contribution in [-0.4, -0.2) is 80.9 Å². The second-order valence-electron chi connectivity index (χ2n) is 8.58. The van der Waals surface area contributed by atoms with Gasteiger partial charge in [-0.15, -0.1) is 0 Å². The smallest absolute Gasteiger partial charge is 0.409 e. The quantitative estimate of drug-likeness (QED) is 0.702. The number of nitrogens with zero attached hydrogens (tertiary/aromatic N) is 3. The van der Waals surface area contributed by atoms with E-state index in [2.05, 4.69) is 4.90 Å². The highest BCUT2D eigenvalue weighted by Gasteiger charge is 2.47. The number of amides is 2. The van der Waals surface area contributed by atoms with Crippen molar-refractivity contribution in [3.05, 3.63) is 29.6 Å². The summed E-state index contributed by atoms with van der Waals surface area (Å²) in [6.45, 7) is 5.98. The van der Waals surface area contributed by atoms with Gasteiger partial charge in [-0.2, -0.15) is 0 Å². The molecule has 0 N–H and O–H groups in total. The predicted octanol–water partition coefficient (Wildman–Crippen LogP) is 2.38. The van der Waals surface area contributed by atoms with E-state index in [-0.39, 0.29) is 29.8 Å². The summed E-state index contributed by atoms with van der Waals surface area (Å²) in [7, 11) is 1.58. The third-order valence-corrected chi connectivity index (χ3v) is 6.87. The van der Waals surface area contributed by atoms with Gasteiger partial charge in [0.25, 0.3) is 0 Å². The Labute approximate surface area is 176 Å². The van der Waals surface area contributed by atoms with Crippen LogP contribution in [0.25, 0.3) is 0 Å². The Balaban J connectivity index is 1.38. The highest BCUT2D eigenvalue weighted by atomic mass is 19.1. The van der Waals surface area contributed by atoms with E-state index >= 15 is 0 Å². The number of likely N-dealkylation sites (tertiary alicyclic amines) is 2. The molecule has 3 aliphatic rings. The van der Waals surface area contributed by atoms with Crippen LogP contribution in [0.2, 0.25) is 0 Å². The molecule has 2 amide bonds. The molecule has 1 spiro atoms. The fraction of sp³-hybridized carbons (Fsp3) is 0.636. The number of piperidine rings is 1. The number of ether oxygens (including phenoxy) is 2. The molecule has 2 fully saturated rings. The standard InChI is InChI=1S/C22H30FN3O4/c1-16(27)26-15-22(19-13-17(23)3-4-20(19)26)6-9-24(10-7-22)18-5-8-25(14-18)21(28)30-12-11-29-2/h3-4,13,18H,5-12,14-15H2,1-2H3. The third-order valence-electron chi connectivity index (χ3n) is 6.87. The van der Waals surface area contributed by atoms with Crippen LogP contribution in [0.15, 0.2) is 18.2 Å². The number of hydrogen-bond acceptors (Lipinski definition) is 5. The third kappa shape index (κ3) is 3.90. The van der Waals surface area contributed by atoms with Crippen molar-refractivity contribution in [2.24, 2.45) is 0 Å². The van der Waals surface area contributed by atoms with E-state index in [1.165, 1.54) is 6.07 Å². The Morgan fingerprint density at radius 2 is 1.97 bits per heavy atom. The molecule has 30 heavy (non-hydrogen) atoms. The fourth-order valence-electron chi connectivity index (χ4n) is 5.18. The molecule has 7 nitrogen and oxygen atoms in total. The first kappa shape index (κ1) is 21.1. The second kappa shape index (κ2) is 8.51. The summed E-state index contributed by atoms with van der Waals surface area (Å²) in [6, 6.07) is 5.09. The van der Waals surface area contributed by atoms with E-state index in [4.69, 9.17) is 9.47 Å². The molecule has 2 saturated heterocycles. The van der Waals surface area contributed by atoms with Gasteiger partial charge in [0.15, 0.2) is 0 Å². The van der Waals surface area contributed by atoms with Crippen LogP contribution in [0.1, 0.15) is 31.7 Å². The van der Waals surface area contributed by atoms with Crippen LogP contribution in [0.4, 0.5) is 14.9 Å². The molecule has 3 heterocycles. The number of methoxy groups -OCH3 is 1. The van der Waals surface area contributed by atoms with Crippen LogP contribution >= 0.6 is 0 Å². The van der Waals surface area contributed by atoms with Gasteiger partial charge >= 0.3 is 6.09 Å². The number of halogens is 1. The number of anilines is 1. The SMILES string of the molecule is COCCOC(=O)N1CCC(N2CCC3(CC2)CN(C(C)=O)c2ccc(F)cc23)C1. The zero-order valence-corrected chi connectivity index (χ0v) is 17.7. The molecule has 0 aliphatic carbocycles. The minimum Gasteiger partial charge on any atom is -0.447 e. The van der Waals surface area contributed by atoms with Crippen molar-refractivity contribution in [3.8, 4) is 0 Å². The van der Waals surface area contributed by atoms with Crippen molar-refractivity contribution < 1.29 is 23.5 Å². The van der Waals surface area contributed by atoms with E-state index in [0.717, 1.165) is 43.6 Å². The maximum absolute atomic E-state index is 14.0. The van der Waals surface area contributed by atoms with Crippen molar-refractivity contribution in [1.82, 2.24) is 9.80 Å². The zero-order chi connectivity index (χ0) is 21.3. The van der Waals surface area contributed by atoms with Gasteiger partial charge in [-0.25, -0.2) is 9.18 Å². The van der Waals surface area contributed by atoms with Crippen molar-refractivity contribution in [2.45, 2.75) is 37.6 Å². The van der Waals surface area contributed by atoms with Crippen molar-refractivity contribution in [1.29, 1.82) is 0 Å². The Kier molecular flexibility index (Phi) is 5.97. The molecule has 1 aromatic rings. The summed E-state index contributed by atoms with van der Waals surface area (Å²) in [4.78, 5) is 30.3. The van der Waals surface area contributed by atoms with Crippen LogP contribution in [0.5, 0.6) is 0 Å². The Bertz CT molecular complexity index is 810. The lowest BCUT2D eigenvalue weighted by Crippen LogP contribution is -2.49. The summed E-state index contributed by atoms with van der Waals surface area (Å²) in [5, 5.41) is 0. The van der Waals surface area contributed by atoms with E-state index < -0.39 is 0 Å². The molecule has 3 aliphatic heterocycles. The zero-order valence-electron chi connectivity index (χ0n) is 17.7. The number of benzene rings is 1. The Hall–Kier alpha value is -2.19. The minimum absolute atomic E-state index is 0.000540. The maximum Gasteiger partial charge on any atom is 0.409 e. The first-order valence-corrected chi connectivity index (χ1v) is 10.7. The number of fused-ring (bicyclic) bond motifs is 2. The molecule has 164 valence electrons. The summed E-state index contributed by atoms with van der Waals surface area (Å²) in [6.07, 6.45) is 2.40. The minimum atomic E-state index is -0.277. The molecule has 1 atom stereocenters. The number of rotatable bonds is 4. The number of carbonyl (C=O) groups is 2. The molecule has 0 aromatic heterocycles. The van der Waals surface area contributed by atoms with Crippen molar-refractivity contribution in [2.75, 3.05) is 57.9 Å². The largest absolute Gasteiger partial charge is 0.447 e. The Morgan fingerprint density at radius 1 is 1.20 bits per heavy atom. The highest BCUT2D eigenvalue weighted by molar-refractivity contribution is 5.94. The normalized spacial score (nSPS) is 23.1. The number of hydrogen-bond donors (Lipinski definition) is 0. The van der Waals surface area contributed by atoms with Gasteiger partial charge in [0, 0.05) is 50.8 Å². The molecule has 0 saturated carbocycles. The molecule has 0 bridgehead atoms. The monoisotopic (exact) mass is 419 g/mol. The van der Waals surface area contributed by atoms with Gasteiger partial charge in [-0.1, -0.05) is 0 Å². The lowest BCUT2D eigenvalue weighted by atomic mass is 9.74. The first-order valence-electron chi connectivity index (χ1n) is 10.7. The van der Waals surface area contributed by atoms with Crippen LogP contribution < -0.4 is 4.90 Å². The molecule has 8 heteroatoms. The van der Waals surface area contributed by atoms with E-state index in [1.807, 2.05) is 0 Å². The van der Waals surface area contributed by atoms with E-state index in [1.54, 1.807) is 36.0 Å². The second-order valence-corrected chi connectivity index (χ2v) is 8.58. The molecule has 4 rings (SSSR count). The fourth-order valence-corrected chi connectivity index (χ4v) is 5.18. The summed E-state index contributed by atoms with van der Waals surface area (Å²) < 4.78 is 24.2. The molecule has 1 aromatic carbocycles. The molecular formula is C22H30FN3O4. The average Bonchev–Trinajstić information content (AvgIpc) is 3.33. The number of carbonyl (C=O) groups excluding carboxylic acids is 2. The topological polar surface area (TPSA) is 62.3 Å². The lowest BCUT2D eigenvalue weighted by molar-refractivity contribution is -0.116. The summed E-state index contributed by atoms with van der Waals surface area (Å²) >= 11 is 0. The first-order chi connectivity index (χ1) is 14.4. The van der Waals surface area contributed by atoms with Gasteiger partial charge in [0.05, 0.1) is 6.61 Å². The van der Waals surface area contributed by atoms with E-state index in [9.17, 15) is 14.0 Å². The van der Waals surface area contributed by atoms with Gasteiger partial charge in [-0.3, -0.25) is 9.69 Å². The average molecular weight is 419 g/mol. The summed E-state index contributed by atoms with van der Waals surface area (Å²) in [5.41, 5.74) is 1.63. The highest BCUT2D eigenvalue weighted by Crippen LogP contribution is 2.47. The maximum atomic E-state index is 14.0. The van der Waals surface area contributed by atoms with Gasteiger partial charge in [-0.05, 0) is 56.1 Å². The Morgan fingerprint density at radius 3 is 2.67 bits per heavy atom. The van der Waals surface area contributed by atoms with Crippen LogP contribution in [0, 0.1) is 5.82 Å². The lowest BCUT2D eigenvalue weighted by Gasteiger charge is -2.42.